The number of hydrogen-bond acceptors (Lipinski definition) is 6. The number of carbonyl (C=O) groups is 1. The first-order valence-electron chi connectivity index (χ1n) is 6.10. The summed E-state index contributed by atoms with van der Waals surface area (Å²) < 4.78 is 36.5. The number of rotatable bonds is 6. The van der Waals surface area contributed by atoms with Gasteiger partial charge in [0.2, 0.25) is 15.8 Å². The molecule has 7 nitrogen and oxygen atoms in total. The number of methoxy groups -OCH3 is 1. The molecule has 0 fully saturated rings. The third-order valence-corrected chi connectivity index (χ3v) is 3.93. The Hall–Kier alpha value is -1.38. The van der Waals surface area contributed by atoms with Crippen LogP contribution in [-0.4, -0.2) is 33.6 Å². The SMILES string of the molecule is CCc1oc(C(=O)OC)cc1S(=O)(=O)NCC(C)(C)N. The molecule has 0 aliphatic carbocycles. The van der Waals surface area contributed by atoms with E-state index in [1.165, 1.54) is 7.11 Å². The molecule has 0 saturated carbocycles. The van der Waals surface area contributed by atoms with Crippen molar-refractivity contribution < 1.29 is 22.4 Å². The molecule has 0 bridgehead atoms. The number of esters is 1. The van der Waals surface area contributed by atoms with Crippen molar-refractivity contribution in [3.63, 3.8) is 0 Å². The van der Waals surface area contributed by atoms with Gasteiger partial charge in [0.05, 0.1) is 7.11 Å². The molecule has 20 heavy (non-hydrogen) atoms. The molecule has 0 radical (unpaired) electrons. The zero-order valence-electron chi connectivity index (χ0n) is 12.0. The van der Waals surface area contributed by atoms with Crippen molar-refractivity contribution in [3.8, 4) is 0 Å². The minimum Gasteiger partial charge on any atom is -0.463 e. The third-order valence-electron chi connectivity index (χ3n) is 2.49. The van der Waals surface area contributed by atoms with E-state index in [-0.39, 0.29) is 23.0 Å². The molecule has 1 aromatic rings. The second-order valence-corrected chi connectivity index (χ2v) is 6.79. The summed E-state index contributed by atoms with van der Waals surface area (Å²) in [7, 11) is -2.59. The van der Waals surface area contributed by atoms with Gasteiger partial charge in [0.1, 0.15) is 10.7 Å². The zero-order chi connectivity index (χ0) is 15.6. The summed E-state index contributed by atoms with van der Waals surface area (Å²) in [5.41, 5.74) is 5.06. The summed E-state index contributed by atoms with van der Waals surface area (Å²) in [6.45, 7) is 5.19. The number of aryl methyl sites for hydroxylation is 1. The number of sulfonamides is 1. The van der Waals surface area contributed by atoms with Crippen molar-refractivity contribution in [2.45, 2.75) is 37.6 Å². The molecule has 0 saturated heterocycles. The molecular formula is C12H20N2O5S. The molecule has 1 heterocycles. The van der Waals surface area contributed by atoms with Crippen LogP contribution in [0.5, 0.6) is 0 Å². The largest absolute Gasteiger partial charge is 0.463 e. The predicted octanol–water partition coefficient (Wildman–Crippen LogP) is 0.644. The zero-order valence-corrected chi connectivity index (χ0v) is 12.8. The van der Waals surface area contributed by atoms with Crippen LogP contribution in [0.1, 0.15) is 37.1 Å². The predicted molar refractivity (Wildman–Crippen MR) is 72.9 cm³/mol. The van der Waals surface area contributed by atoms with Crippen LogP contribution in [0.25, 0.3) is 0 Å². The van der Waals surface area contributed by atoms with E-state index >= 15 is 0 Å². The Morgan fingerprint density at radius 3 is 2.55 bits per heavy atom. The van der Waals surface area contributed by atoms with Crippen LogP contribution in [0.2, 0.25) is 0 Å². The molecule has 0 aliphatic rings. The monoisotopic (exact) mass is 304 g/mol. The molecular weight excluding hydrogens is 284 g/mol. The summed E-state index contributed by atoms with van der Waals surface area (Å²) in [6.07, 6.45) is 0.333. The third kappa shape index (κ3) is 4.06. The number of furan rings is 1. The molecule has 8 heteroatoms. The van der Waals surface area contributed by atoms with E-state index in [4.69, 9.17) is 10.2 Å². The molecule has 0 atom stereocenters. The maximum atomic E-state index is 12.2. The highest BCUT2D eigenvalue weighted by molar-refractivity contribution is 7.89. The van der Waals surface area contributed by atoms with Crippen LogP contribution in [0, 0.1) is 0 Å². The van der Waals surface area contributed by atoms with Crippen LogP contribution in [0.4, 0.5) is 0 Å². The van der Waals surface area contributed by atoms with Gasteiger partial charge >= 0.3 is 5.97 Å². The Morgan fingerprint density at radius 1 is 1.50 bits per heavy atom. The molecule has 0 aromatic carbocycles. The Labute approximate surface area is 118 Å². The van der Waals surface area contributed by atoms with Crippen molar-refractivity contribution in [1.82, 2.24) is 4.72 Å². The van der Waals surface area contributed by atoms with Crippen molar-refractivity contribution in [2.75, 3.05) is 13.7 Å². The summed E-state index contributed by atoms with van der Waals surface area (Å²) >= 11 is 0. The van der Waals surface area contributed by atoms with Gasteiger partial charge in [-0.1, -0.05) is 6.92 Å². The summed E-state index contributed by atoms with van der Waals surface area (Å²) in [4.78, 5) is 11.3. The maximum Gasteiger partial charge on any atom is 0.373 e. The highest BCUT2D eigenvalue weighted by Crippen LogP contribution is 2.22. The molecule has 114 valence electrons. The molecule has 0 amide bonds. The molecule has 1 rings (SSSR count). The van der Waals surface area contributed by atoms with Crippen molar-refractivity contribution >= 4 is 16.0 Å². The standard InChI is InChI=1S/C12H20N2O5S/c1-5-8-10(6-9(19-8)11(15)18-4)20(16,17)14-7-12(2,3)13/h6,14H,5,7,13H2,1-4H3. The number of nitrogens with two attached hydrogens (primary N) is 1. The van der Waals surface area contributed by atoms with Gasteiger partial charge in [-0.15, -0.1) is 0 Å². The van der Waals surface area contributed by atoms with Gasteiger partial charge in [-0.05, 0) is 13.8 Å². The van der Waals surface area contributed by atoms with E-state index in [9.17, 15) is 13.2 Å². The normalized spacial score (nSPS) is 12.4. The lowest BCUT2D eigenvalue weighted by Crippen LogP contribution is -2.45. The van der Waals surface area contributed by atoms with Crippen LogP contribution < -0.4 is 10.5 Å². The Kier molecular flexibility index (Phi) is 4.95. The highest BCUT2D eigenvalue weighted by atomic mass is 32.2. The van der Waals surface area contributed by atoms with E-state index in [0.717, 1.165) is 6.07 Å². The van der Waals surface area contributed by atoms with E-state index in [0.29, 0.717) is 6.42 Å². The van der Waals surface area contributed by atoms with Gasteiger partial charge in [-0.25, -0.2) is 17.9 Å². The maximum absolute atomic E-state index is 12.2. The van der Waals surface area contributed by atoms with E-state index in [1.807, 2.05) is 0 Å². The lowest BCUT2D eigenvalue weighted by atomic mass is 10.1. The van der Waals surface area contributed by atoms with Gasteiger partial charge in [-0.3, -0.25) is 0 Å². The van der Waals surface area contributed by atoms with Gasteiger partial charge < -0.3 is 14.9 Å². The smallest absolute Gasteiger partial charge is 0.373 e. The first kappa shape index (κ1) is 16.7. The van der Waals surface area contributed by atoms with Crippen molar-refractivity contribution in [1.29, 1.82) is 0 Å². The Balaban J connectivity index is 3.11. The average Bonchev–Trinajstić information content (AvgIpc) is 2.79. The van der Waals surface area contributed by atoms with Gasteiger partial charge in [0.25, 0.3) is 0 Å². The van der Waals surface area contributed by atoms with Crippen molar-refractivity contribution in [3.05, 3.63) is 17.6 Å². The number of ether oxygens (including phenoxy) is 1. The van der Waals surface area contributed by atoms with Gasteiger partial charge in [0, 0.05) is 24.6 Å². The van der Waals surface area contributed by atoms with Gasteiger partial charge in [0.15, 0.2) is 0 Å². The summed E-state index contributed by atoms with van der Waals surface area (Å²) in [5, 5.41) is 0. The molecule has 1 aromatic heterocycles. The van der Waals surface area contributed by atoms with Crippen LogP contribution >= 0.6 is 0 Å². The highest BCUT2D eigenvalue weighted by Gasteiger charge is 2.26. The first-order valence-corrected chi connectivity index (χ1v) is 7.58. The van der Waals surface area contributed by atoms with Gasteiger partial charge in [-0.2, -0.15) is 0 Å². The summed E-state index contributed by atoms with van der Waals surface area (Å²) in [6, 6.07) is 1.16. The second-order valence-electron chi connectivity index (χ2n) is 5.06. The van der Waals surface area contributed by atoms with Crippen LogP contribution in [0.3, 0.4) is 0 Å². The Bertz CT molecular complexity index is 583. The quantitative estimate of drug-likeness (QED) is 0.746. The minimum absolute atomic E-state index is 0.0651. The second kappa shape index (κ2) is 5.94. The molecule has 0 spiro atoms. The molecule has 0 aliphatic heterocycles. The lowest BCUT2D eigenvalue weighted by molar-refractivity contribution is 0.0563. The number of nitrogens with one attached hydrogen (secondary N) is 1. The fraction of sp³-hybridized carbons (Fsp3) is 0.583. The fourth-order valence-electron chi connectivity index (χ4n) is 1.45. The molecule has 0 unspecified atom stereocenters. The van der Waals surface area contributed by atoms with Crippen molar-refractivity contribution in [2.24, 2.45) is 5.73 Å². The minimum atomic E-state index is -3.79. The van der Waals surface area contributed by atoms with E-state index < -0.39 is 21.5 Å². The Morgan fingerprint density at radius 2 is 2.10 bits per heavy atom. The first-order chi connectivity index (χ1) is 9.10. The lowest BCUT2D eigenvalue weighted by Gasteiger charge is -2.18. The summed E-state index contributed by atoms with van der Waals surface area (Å²) in [5.74, 6) is -0.662. The molecule has 3 N–H and O–H groups in total. The van der Waals surface area contributed by atoms with E-state index in [2.05, 4.69) is 9.46 Å². The van der Waals surface area contributed by atoms with Crippen LogP contribution in [-0.2, 0) is 21.2 Å². The number of hydrogen-bond donors (Lipinski definition) is 2. The fourth-order valence-corrected chi connectivity index (χ4v) is 2.91. The topological polar surface area (TPSA) is 112 Å². The van der Waals surface area contributed by atoms with E-state index in [1.54, 1.807) is 20.8 Å². The van der Waals surface area contributed by atoms with Crippen LogP contribution in [0.15, 0.2) is 15.4 Å². The average molecular weight is 304 g/mol. The number of carbonyl (C=O) groups excluding carboxylic acids is 1.